The standard InChI is InChI=1S/C17H14O3/c18-16-14(11-12-7-3-1-4-8-12)15(17(19)20-16)13-9-5-2-6-10-13/h1-10,16,18H,11H2/t16-/m0/s1. The monoisotopic (exact) mass is 266 g/mol. The summed E-state index contributed by atoms with van der Waals surface area (Å²) in [5.41, 5.74) is 2.91. The number of esters is 1. The van der Waals surface area contributed by atoms with E-state index >= 15 is 0 Å². The van der Waals surface area contributed by atoms with Gasteiger partial charge in [0.15, 0.2) is 0 Å². The highest BCUT2D eigenvalue weighted by Crippen LogP contribution is 2.31. The van der Waals surface area contributed by atoms with Crippen LogP contribution in [0.2, 0.25) is 0 Å². The maximum absolute atomic E-state index is 11.9. The van der Waals surface area contributed by atoms with E-state index in [-0.39, 0.29) is 0 Å². The van der Waals surface area contributed by atoms with Crippen molar-refractivity contribution in [3.05, 3.63) is 77.4 Å². The Morgan fingerprint density at radius 3 is 2.20 bits per heavy atom. The van der Waals surface area contributed by atoms with Crippen molar-refractivity contribution < 1.29 is 14.6 Å². The lowest BCUT2D eigenvalue weighted by Crippen LogP contribution is -2.11. The summed E-state index contributed by atoms with van der Waals surface area (Å²) < 4.78 is 4.96. The van der Waals surface area contributed by atoms with Crippen molar-refractivity contribution in [1.82, 2.24) is 0 Å². The second-order valence-electron chi connectivity index (χ2n) is 4.69. The number of hydrogen-bond acceptors (Lipinski definition) is 3. The van der Waals surface area contributed by atoms with Crippen LogP contribution in [0, 0.1) is 0 Å². The summed E-state index contributed by atoms with van der Waals surface area (Å²) in [6.07, 6.45) is -0.657. The molecule has 0 fully saturated rings. The van der Waals surface area contributed by atoms with Gasteiger partial charge in [-0.3, -0.25) is 0 Å². The molecule has 1 aliphatic heterocycles. The van der Waals surface area contributed by atoms with E-state index in [1.807, 2.05) is 60.7 Å². The Morgan fingerprint density at radius 2 is 1.55 bits per heavy atom. The van der Waals surface area contributed by atoms with E-state index in [1.165, 1.54) is 0 Å². The first-order valence-corrected chi connectivity index (χ1v) is 6.47. The van der Waals surface area contributed by atoms with Crippen LogP contribution in [0.1, 0.15) is 11.1 Å². The number of carbonyl (C=O) groups excluding carboxylic acids is 1. The van der Waals surface area contributed by atoms with Gasteiger partial charge in [0, 0.05) is 12.0 Å². The molecule has 3 heteroatoms. The van der Waals surface area contributed by atoms with Gasteiger partial charge in [-0.1, -0.05) is 60.7 Å². The first kappa shape index (κ1) is 12.6. The highest BCUT2D eigenvalue weighted by molar-refractivity contribution is 6.19. The molecular formula is C17H14O3. The van der Waals surface area contributed by atoms with Crippen molar-refractivity contribution in [3.63, 3.8) is 0 Å². The number of benzene rings is 2. The fraction of sp³-hybridized carbons (Fsp3) is 0.118. The zero-order valence-corrected chi connectivity index (χ0v) is 10.8. The van der Waals surface area contributed by atoms with Crippen LogP contribution in [0.15, 0.2) is 66.2 Å². The van der Waals surface area contributed by atoms with Crippen LogP contribution in [-0.2, 0) is 16.0 Å². The molecule has 0 unspecified atom stereocenters. The molecule has 1 atom stereocenters. The summed E-state index contributed by atoms with van der Waals surface area (Å²) in [6.45, 7) is 0. The maximum atomic E-state index is 11.9. The Labute approximate surface area is 117 Å². The molecule has 0 amide bonds. The van der Waals surface area contributed by atoms with Gasteiger partial charge in [-0.15, -0.1) is 0 Å². The summed E-state index contributed by atoms with van der Waals surface area (Å²) in [6, 6.07) is 19.0. The number of ether oxygens (including phenoxy) is 1. The Morgan fingerprint density at radius 1 is 0.950 bits per heavy atom. The number of aliphatic hydroxyl groups is 1. The average Bonchev–Trinajstić information content (AvgIpc) is 2.75. The fourth-order valence-electron chi connectivity index (χ4n) is 2.39. The van der Waals surface area contributed by atoms with Gasteiger partial charge in [0.25, 0.3) is 0 Å². The average molecular weight is 266 g/mol. The van der Waals surface area contributed by atoms with Crippen LogP contribution < -0.4 is 0 Å². The van der Waals surface area contributed by atoms with Crippen LogP contribution in [0.4, 0.5) is 0 Å². The Balaban J connectivity index is 2.03. The molecular weight excluding hydrogens is 252 g/mol. The van der Waals surface area contributed by atoms with Crippen molar-refractivity contribution in [3.8, 4) is 0 Å². The molecule has 0 saturated carbocycles. The molecule has 1 heterocycles. The largest absolute Gasteiger partial charge is 0.428 e. The first-order valence-electron chi connectivity index (χ1n) is 6.47. The van der Waals surface area contributed by atoms with E-state index in [0.717, 1.165) is 11.1 Å². The number of carbonyl (C=O) groups is 1. The lowest BCUT2D eigenvalue weighted by molar-refractivity contribution is -0.150. The lowest BCUT2D eigenvalue weighted by atomic mass is 9.96. The molecule has 0 radical (unpaired) electrons. The Hall–Kier alpha value is -2.39. The second kappa shape index (κ2) is 5.31. The van der Waals surface area contributed by atoms with Crippen molar-refractivity contribution in [1.29, 1.82) is 0 Å². The maximum Gasteiger partial charge on any atom is 0.341 e. The number of cyclic esters (lactones) is 1. The third kappa shape index (κ3) is 2.36. The normalized spacial score (nSPS) is 18.2. The molecule has 0 saturated heterocycles. The number of rotatable bonds is 3. The van der Waals surface area contributed by atoms with Crippen LogP contribution >= 0.6 is 0 Å². The van der Waals surface area contributed by atoms with Crippen molar-refractivity contribution in [2.24, 2.45) is 0 Å². The molecule has 3 rings (SSSR count). The zero-order chi connectivity index (χ0) is 13.9. The van der Waals surface area contributed by atoms with Gasteiger partial charge in [0.2, 0.25) is 6.29 Å². The van der Waals surface area contributed by atoms with Crippen LogP contribution in [0.25, 0.3) is 5.57 Å². The molecule has 0 aromatic heterocycles. The van der Waals surface area contributed by atoms with Gasteiger partial charge in [-0.2, -0.15) is 0 Å². The molecule has 20 heavy (non-hydrogen) atoms. The van der Waals surface area contributed by atoms with Gasteiger partial charge in [0.1, 0.15) is 0 Å². The Kier molecular flexibility index (Phi) is 3.35. The molecule has 0 bridgehead atoms. The van der Waals surface area contributed by atoms with Gasteiger partial charge in [-0.05, 0) is 11.1 Å². The van der Waals surface area contributed by atoms with Gasteiger partial charge >= 0.3 is 5.97 Å². The number of hydrogen-bond donors (Lipinski definition) is 1. The predicted octanol–water partition coefficient (Wildman–Crippen LogP) is 2.56. The third-order valence-electron chi connectivity index (χ3n) is 3.34. The molecule has 0 aliphatic carbocycles. The first-order chi connectivity index (χ1) is 9.75. The summed E-state index contributed by atoms with van der Waals surface area (Å²) in [7, 11) is 0. The minimum atomic E-state index is -1.15. The zero-order valence-electron chi connectivity index (χ0n) is 10.8. The summed E-state index contributed by atoms with van der Waals surface area (Å²) >= 11 is 0. The molecule has 3 nitrogen and oxygen atoms in total. The molecule has 0 spiro atoms. The highest BCUT2D eigenvalue weighted by atomic mass is 16.6. The van der Waals surface area contributed by atoms with Crippen molar-refractivity contribution >= 4 is 11.5 Å². The molecule has 100 valence electrons. The highest BCUT2D eigenvalue weighted by Gasteiger charge is 2.33. The van der Waals surface area contributed by atoms with E-state index in [9.17, 15) is 9.90 Å². The molecule has 1 N–H and O–H groups in total. The lowest BCUT2D eigenvalue weighted by Gasteiger charge is -2.08. The van der Waals surface area contributed by atoms with E-state index < -0.39 is 12.3 Å². The quantitative estimate of drug-likeness (QED) is 0.868. The second-order valence-corrected chi connectivity index (χ2v) is 4.69. The van der Waals surface area contributed by atoms with E-state index in [2.05, 4.69) is 0 Å². The van der Waals surface area contributed by atoms with Crippen LogP contribution in [0.5, 0.6) is 0 Å². The summed E-state index contributed by atoms with van der Waals surface area (Å²) in [5, 5.41) is 9.95. The van der Waals surface area contributed by atoms with Crippen molar-refractivity contribution in [2.75, 3.05) is 0 Å². The minimum absolute atomic E-state index is 0.463. The van der Waals surface area contributed by atoms with Gasteiger partial charge in [-0.25, -0.2) is 4.79 Å². The minimum Gasteiger partial charge on any atom is -0.428 e. The van der Waals surface area contributed by atoms with Gasteiger partial charge in [0.05, 0.1) is 5.57 Å². The summed E-state index contributed by atoms with van der Waals surface area (Å²) in [5.74, 6) is -0.463. The van der Waals surface area contributed by atoms with Gasteiger partial charge < -0.3 is 9.84 Å². The number of aliphatic hydroxyl groups excluding tert-OH is 1. The molecule has 1 aliphatic rings. The van der Waals surface area contributed by atoms with E-state index in [4.69, 9.17) is 4.74 Å². The molecule has 2 aromatic rings. The van der Waals surface area contributed by atoms with Crippen molar-refractivity contribution in [2.45, 2.75) is 12.7 Å². The Bertz CT molecular complexity index is 644. The fourth-order valence-corrected chi connectivity index (χ4v) is 2.39. The van der Waals surface area contributed by atoms with E-state index in [1.54, 1.807) is 0 Å². The SMILES string of the molecule is O=C1O[C@H](O)C(Cc2ccccc2)=C1c1ccccc1. The van der Waals surface area contributed by atoms with E-state index in [0.29, 0.717) is 17.6 Å². The smallest absolute Gasteiger partial charge is 0.341 e. The van der Waals surface area contributed by atoms with Crippen LogP contribution in [-0.4, -0.2) is 17.4 Å². The topological polar surface area (TPSA) is 46.5 Å². The van der Waals surface area contributed by atoms with Crippen LogP contribution in [0.3, 0.4) is 0 Å². The molecule has 2 aromatic carbocycles. The third-order valence-corrected chi connectivity index (χ3v) is 3.34. The predicted molar refractivity (Wildman–Crippen MR) is 75.6 cm³/mol. The summed E-state index contributed by atoms with van der Waals surface area (Å²) in [4.78, 5) is 11.9.